The molecular formula is C23H23ClFN7O2. The average molecular weight is 484 g/mol. The van der Waals surface area contributed by atoms with Crippen LogP contribution in [0.15, 0.2) is 36.7 Å². The van der Waals surface area contributed by atoms with Crippen molar-refractivity contribution in [3.05, 3.63) is 47.5 Å². The number of carbonyl (C=O) groups is 1. The van der Waals surface area contributed by atoms with Crippen molar-refractivity contribution in [3.63, 3.8) is 0 Å². The Morgan fingerprint density at radius 1 is 1.35 bits per heavy atom. The highest BCUT2D eigenvalue weighted by atomic mass is 35.5. The Morgan fingerprint density at radius 3 is 2.91 bits per heavy atom. The summed E-state index contributed by atoms with van der Waals surface area (Å²) in [5, 5.41) is 23.2. The molecule has 3 aromatic rings. The fourth-order valence-corrected chi connectivity index (χ4v) is 5.40. The second kappa shape index (κ2) is 8.05. The molecule has 1 aromatic carbocycles. The van der Waals surface area contributed by atoms with Crippen LogP contribution in [0.4, 0.5) is 14.9 Å². The van der Waals surface area contributed by atoms with Gasteiger partial charge in [-0.15, -0.1) is 5.10 Å². The van der Waals surface area contributed by atoms with Crippen molar-refractivity contribution in [1.29, 1.82) is 10.8 Å². The molecule has 11 heteroatoms. The van der Waals surface area contributed by atoms with Gasteiger partial charge in [0.15, 0.2) is 11.7 Å². The Labute approximate surface area is 199 Å². The van der Waals surface area contributed by atoms with Gasteiger partial charge in [0.1, 0.15) is 11.4 Å². The van der Waals surface area contributed by atoms with Crippen LogP contribution in [-0.2, 0) is 4.74 Å². The molecule has 2 aromatic heterocycles. The molecule has 1 unspecified atom stereocenters. The number of piperidine rings is 1. The zero-order valence-corrected chi connectivity index (χ0v) is 19.4. The van der Waals surface area contributed by atoms with Crippen LogP contribution in [0.2, 0.25) is 5.02 Å². The first-order valence-electron chi connectivity index (χ1n) is 10.9. The van der Waals surface area contributed by atoms with E-state index in [2.05, 4.69) is 22.3 Å². The lowest BCUT2D eigenvalue weighted by atomic mass is 9.64. The van der Waals surface area contributed by atoms with Gasteiger partial charge in [0, 0.05) is 31.1 Å². The monoisotopic (exact) mass is 483 g/mol. The molecule has 0 spiro atoms. The zero-order valence-electron chi connectivity index (χ0n) is 18.6. The highest BCUT2D eigenvalue weighted by molar-refractivity contribution is 6.33. The number of rotatable bonds is 3. The fraction of sp³-hybridized carbons (Fsp3) is 0.348. The van der Waals surface area contributed by atoms with Crippen LogP contribution >= 0.6 is 11.6 Å². The van der Waals surface area contributed by atoms with Crippen molar-refractivity contribution in [2.45, 2.75) is 44.7 Å². The second-order valence-corrected chi connectivity index (χ2v) is 9.40. The molecule has 1 aliphatic heterocycles. The summed E-state index contributed by atoms with van der Waals surface area (Å²) in [7, 11) is 0. The van der Waals surface area contributed by atoms with E-state index in [1.807, 2.05) is 12.1 Å². The molecule has 176 valence electrons. The van der Waals surface area contributed by atoms with Gasteiger partial charge in [0.05, 0.1) is 22.4 Å². The van der Waals surface area contributed by atoms with Crippen LogP contribution in [0.3, 0.4) is 0 Å². The van der Waals surface area contributed by atoms with E-state index in [-0.39, 0.29) is 40.3 Å². The van der Waals surface area contributed by atoms with Gasteiger partial charge in [-0.05, 0) is 43.0 Å². The van der Waals surface area contributed by atoms with E-state index in [4.69, 9.17) is 27.2 Å². The fourth-order valence-electron chi connectivity index (χ4n) is 5.16. The van der Waals surface area contributed by atoms with Crippen molar-refractivity contribution in [2.24, 2.45) is 5.92 Å². The largest absolute Gasteiger partial charge is 0.428 e. The molecule has 3 N–H and O–H groups in total. The lowest BCUT2D eigenvalue weighted by Crippen LogP contribution is -2.75. The zero-order chi connectivity index (χ0) is 24.2. The van der Waals surface area contributed by atoms with Gasteiger partial charge < -0.3 is 15.0 Å². The quantitative estimate of drug-likeness (QED) is 0.360. The maximum Gasteiger partial charge on any atom is 0.323 e. The molecular weight excluding hydrogens is 461 g/mol. The van der Waals surface area contributed by atoms with Gasteiger partial charge in [-0.1, -0.05) is 18.5 Å². The first-order valence-corrected chi connectivity index (χ1v) is 11.3. The molecule has 2 amide bonds. The van der Waals surface area contributed by atoms with Gasteiger partial charge in [0.25, 0.3) is 0 Å². The number of hydrogen-bond acceptors (Lipinski definition) is 6. The van der Waals surface area contributed by atoms with Crippen molar-refractivity contribution < 1.29 is 13.9 Å². The van der Waals surface area contributed by atoms with E-state index in [0.29, 0.717) is 18.4 Å². The molecule has 1 saturated heterocycles. The Kier molecular flexibility index (Phi) is 5.27. The highest BCUT2D eigenvalue weighted by Gasteiger charge is 2.62. The molecule has 2 aliphatic rings. The number of hydrogen-bond donors (Lipinski definition) is 3. The van der Waals surface area contributed by atoms with E-state index in [1.54, 1.807) is 21.8 Å². The molecule has 1 aliphatic carbocycles. The van der Waals surface area contributed by atoms with E-state index in [1.165, 1.54) is 13.0 Å². The third-order valence-corrected chi connectivity index (χ3v) is 6.79. The third-order valence-electron chi connectivity index (χ3n) is 6.48. The summed E-state index contributed by atoms with van der Waals surface area (Å²) in [6, 6.07) is 5.58. The minimum Gasteiger partial charge on any atom is -0.428 e. The number of likely N-dealkylation sites (tertiary alicyclic amines) is 1. The van der Waals surface area contributed by atoms with E-state index in [0.717, 1.165) is 18.0 Å². The van der Waals surface area contributed by atoms with Crippen molar-refractivity contribution in [1.82, 2.24) is 19.5 Å². The van der Waals surface area contributed by atoms with Crippen molar-refractivity contribution in [3.8, 4) is 11.4 Å². The number of ether oxygens (including phenoxy) is 1. The molecule has 3 atom stereocenters. The molecule has 2 bridgehead atoms. The molecule has 3 heterocycles. The van der Waals surface area contributed by atoms with Gasteiger partial charge in [-0.25, -0.2) is 18.7 Å². The lowest BCUT2D eigenvalue weighted by molar-refractivity contribution is -0.0539. The van der Waals surface area contributed by atoms with Gasteiger partial charge in [0.2, 0.25) is 5.90 Å². The second-order valence-electron chi connectivity index (χ2n) is 8.99. The summed E-state index contributed by atoms with van der Waals surface area (Å²) in [6.07, 6.45) is 5.29. The summed E-state index contributed by atoms with van der Waals surface area (Å²) in [6.45, 7) is 3.50. The maximum atomic E-state index is 14.8. The number of carbonyl (C=O) groups excluding carboxylic acids is 1. The summed E-state index contributed by atoms with van der Waals surface area (Å²) in [4.78, 5) is 19.2. The van der Waals surface area contributed by atoms with Crippen LogP contribution in [0.25, 0.3) is 16.9 Å². The van der Waals surface area contributed by atoms with Crippen LogP contribution in [-0.4, -0.2) is 48.9 Å². The predicted molar refractivity (Wildman–Crippen MR) is 126 cm³/mol. The Hall–Kier alpha value is -3.53. The smallest absolute Gasteiger partial charge is 0.323 e. The van der Waals surface area contributed by atoms with Crippen LogP contribution < -0.4 is 5.32 Å². The predicted octanol–water partition coefficient (Wildman–Crippen LogP) is 4.95. The number of urea groups is 1. The van der Waals surface area contributed by atoms with Crippen molar-refractivity contribution >= 4 is 40.6 Å². The number of halogens is 2. The first kappa shape index (κ1) is 22.3. The number of nitrogens with zero attached hydrogens (tertiary/aromatic N) is 4. The normalized spacial score (nSPS) is 23.4. The van der Waals surface area contributed by atoms with Crippen LogP contribution in [0, 0.1) is 22.6 Å². The molecule has 0 radical (unpaired) electrons. The van der Waals surface area contributed by atoms with Crippen LogP contribution in [0.5, 0.6) is 0 Å². The lowest BCUT2D eigenvalue weighted by Gasteiger charge is -2.62. The minimum atomic E-state index is -0.941. The Balaban J connectivity index is 1.45. The van der Waals surface area contributed by atoms with Crippen LogP contribution in [0.1, 0.15) is 33.1 Å². The summed E-state index contributed by atoms with van der Waals surface area (Å²) >= 11 is 6.29. The molecule has 9 nitrogen and oxygen atoms in total. The average Bonchev–Trinajstić information content (AvgIpc) is 3.22. The molecule has 1 saturated carbocycles. The standard InChI is InChI=1S/C23H23ClFN7O2/c1-12-6-15-10-23(9-12,21(27)34-13(2)26)32(15)22(33)29-19-7-16(17(24)8-18(19)25)20-28-11-14-4-3-5-31(14)30-20/h3-5,7-8,11-12,15,26-27H,6,9-10H2,1-2H3,(H,29,33)/t12-,15-,23?/m1/s1. The van der Waals surface area contributed by atoms with Gasteiger partial charge >= 0.3 is 6.03 Å². The van der Waals surface area contributed by atoms with Gasteiger partial charge in [-0.3, -0.25) is 10.8 Å². The summed E-state index contributed by atoms with van der Waals surface area (Å²) in [5.74, 6) is -0.374. The maximum absolute atomic E-state index is 14.8. The molecule has 5 rings (SSSR count). The number of anilines is 1. The van der Waals surface area contributed by atoms with E-state index >= 15 is 0 Å². The van der Waals surface area contributed by atoms with Gasteiger partial charge in [-0.2, -0.15) is 0 Å². The van der Waals surface area contributed by atoms with Crippen molar-refractivity contribution in [2.75, 3.05) is 5.32 Å². The summed E-state index contributed by atoms with van der Waals surface area (Å²) < 4.78 is 21.7. The Bertz CT molecular complexity index is 1340. The Morgan fingerprint density at radius 2 is 2.15 bits per heavy atom. The molecule has 34 heavy (non-hydrogen) atoms. The summed E-state index contributed by atoms with van der Waals surface area (Å²) in [5.41, 5.74) is 0.161. The molecule has 2 fully saturated rings. The number of nitrogens with one attached hydrogen (secondary N) is 3. The minimum absolute atomic E-state index is 0.0653. The van der Waals surface area contributed by atoms with E-state index in [9.17, 15) is 9.18 Å². The highest BCUT2D eigenvalue weighted by Crippen LogP contribution is 2.51. The first-order chi connectivity index (χ1) is 16.2. The number of aromatic nitrogens is 3. The third kappa shape index (κ3) is 3.58. The topological polar surface area (TPSA) is 119 Å². The number of benzene rings is 1. The number of amides is 2. The SMILES string of the molecule is CC(=N)OC(=N)C12C[C@H](C)C[C@H](C1)N2C(=O)Nc1cc(-c2ncc3cccn3n2)c(Cl)cc1F. The van der Waals surface area contributed by atoms with E-state index < -0.39 is 17.4 Å². The number of fused-ring (bicyclic) bond motifs is 3.